The Morgan fingerprint density at radius 1 is 1.07 bits per heavy atom. The lowest BCUT2D eigenvalue weighted by atomic mass is 9.99. The van der Waals surface area contributed by atoms with E-state index in [-0.39, 0.29) is 5.91 Å². The monoisotopic (exact) mass is 373 g/mol. The number of amides is 1. The smallest absolute Gasteiger partial charge is 0.255 e. The summed E-state index contributed by atoms with van der Waals surface area (Å²) in [6.07, 6.45) is 2.53. The van der Waals surface area contributed by atoms with Gasteiger partial charge in [0.15, 0.2) is 0 Å². The van der Waals surface area contributed by atoms with Gasteiger partial charge in [0.1, 0.15) is 11.6 Å². The number of ether oxygens (including phenoxy) is 1. The third-order valence-electron chi connectivity index (χ3n) is 4.87. The van der Waals surface area contributed by atoms with Gasteiger partial charge in [-0.05, 0) is 60.9 Å². The zero-order valence-corrected chi connectivity index (χ0v) is 15.9. The molecule has 0 unspecified atom stereocenters. The zero-order valence-electron chi connectivity index (χ0n) is 15.9. The molecule has 5 heteroatoms. The molecule has 142 valence electrons. The number of carbonyl (C=O) groups excluding carboxylic acids is 1. The van der Waals surface area contributed by atoms with Gasteiger partial charge in [-0.3, -0.25) is 4.79 Å². The van der Waals surface area contributed by atoms with E-state index in [2.05, 4.69) is 28.5 Å². The zero-order chi connectivity index (χ0) is 19.3. The summed E-state index contributed by atoms with van der Waals surface area (Å²) in [6.45, 7) is 4.00. The number of aromatic nitrogens is 1. The number of nitrogens with one attached hydrogen (secondary N) is 1. The number of hydrogen-bond donors (Lipinski definition) is 1. The molecule has 2 heterocycles. The molecule has 0 atom stereocenters. The standard InChI is InChI=1S/C23H23N3O2/c1-2-28-21-10-8-20(9-11-21)25-22-12-7-18(15-24-22)23(27)26-14-13-17-5-3-4-6-19(17)16-26/h3-12,15H,2,13-14,16H2,1H3,(H,24,25). The molecule has 1 N–H and O–H groups in total. The molecule has 0 aliphatic carbocycles. The summed E-state index contributed by atoms with van der Waals surface area (Å²) < 4.78 is 5.45. The number of nitrogens with zero attached hydrogens (tertiary/aromatic N) is 2. The van der Waals surface area contributed by atoms with E-state index in [0.29, 0.717) is 24.5 Å². The maximum Gasteiger partial charge on any atom is 0.255 e. The van der Waals surface area contributed by atoms with Crippen LogP contribution < -0.4 is 10.1 Å². The third-order valence-corrected chi connectivity index (χ3v) is 4.87. The lowest BCUT2D eigenvalue weighted by Gasteiger charge is -2.28. The van der Waals surface area contributed by atoms with Gasteiger partial charge in [-0.15, -0.1) is 0 Å². The van der Waals surface area contributed by atoms with Crippen molar-refractivity contribution in [2.24, 2.45) is 0 Å². The Balaban J connectivity index is 1.41. The Labute approximate surface area is 165 Å². The summed E-state index contributed by atoms with van der Waals surface area (Å²) in [6, 6.07) is 19.7. The molecule has 1 aliphatic rings. The fourth-order valence-electron chi connectivity index (χ4n) is 3.40. The first-order valence-corrected chi connectivity index (χ1v) is 9.55. The van der Waals surface area contributed by atoms with Crippen molar-refractivity contribution in [2.45, 2.75) is 19.9 Å². The average molecular weight is 373 g/mol. The van der Waals surface area contributed by atoms with Crippen molar-refractivity contribution in [1.29, 1.82) is 0 Å². The third kappa shape index (κ3) is 3.98. The van der Waals surface area contributed by atoms with Crippen LogP contribution in [0.4, 0.5) is 11.5 Å². The van der Waals surface area contributed by atoms with Crippen molar-refractivity contribution < 1.29 is 9.53 Å². The van der Waals surface area contributed by atoms with Crippen molar-refractivity contribution >= 4 is 17.4 Å². The van der Waals surface area contributed by atoms with Crippen LogP contribution in [0.1, 0.15) is 28.4 Å². The van der Waals surface area contributed by atoms with Crippen molar-refractivity contribution in [3.63, 3.8) is 0 Å². The largest absolute Gasteiger partial charge is 0.494 e. The van der Waals surface area contributed by atoms with E-state index in [0.717, 1.165) is 24.4 Å². The Kier molecular flexibility index (Phi) is 5.24. The molecule has 0 saturated carbocycles. The molecule has 2 aromatic carbocycles. The first-order valence-electron chi connectivity index (χ1n) is 9.55. The van der Waals surface area contributed by atoms with Gasteiger partial charge >= 0.3 is 0 Å². The number of fused-ring (bicyclic) bond motifs is 1. The van der Waals surface area contributed by atoms with E-state index < -0.39 is 0 Å². The Bertz CT molecular complexity index is 952. The second kappa shape index (κ2) is 8.13. The molecule has 1 aliphatic heterocycles. The van der Waals surface area contributed by atoms with Crippen LogP contribution in [0.15, 0.2) is 66.9 Å². The first kappa shape index (κ1) is 18.0. The molecule has 0 fully saturated rings. The molecule has 1 amide bonds. The maximum absolute atomic E-state index is 12.8. The van der Waals surface area contributed by atoms with Gasteiger partial charge < -0.3 is 15.0 Å². The Morgan fingerprint density at radius 3 is 2.57 bits per heavy atom. The molecule has 28 heavy (non-hydrogen) atoms. The molecular formula is C23H23N3O2. The van der Waals surface area contributed by atoms with Gasteiger partial charge in [0.2, 0.25) is 0 Å². The molecule has 0 bridgehead atoms. The lowest BCUT2D eigenvalue weighted by molar-refractivity contribution is 0.0734. The first-order chi connectivity index (χ1) is 13.7. The van der Waals surface area contributed by atoms with Gasteiger partial charge in [0.25, 0.3) is 5.91 Å². The number of benzene rings is 2. The summed E-state index contributed by atoms with van der Waals surface area (Å²) in [7, 11) is 0. The summed E-state index contributed by atoms with van der Waals surface area (Å²) in [4.78, 5) is 19.1. The highest BCUT2D eigenvalue weighted by atomic mass is 16.5. The van der Waals surface area contributed by atoms with Crippen LogP contribution >= 0.6 is 0 Å². The van der Waals surface area contributed by atoms with Gasteiger partial charge in [0.05, 0.1) is 12.2 Å². The predicted octanol–water partition coefficient (Wildman–Crippen LogP) is 4.42. The molecule has 1 aromatic heterocycles. The van der Waals surface area contributed by atoms with Crippen LogP contribution in [0.2, 0.25) is 0 Å². The van der Waals surface area contributed by atoms with E-state index in [9.17, 15) is 4.79 Å². The average Bonchev–Trinajstić information content (AvgIpc) is 2.75. The highest BCUT2D eigenvalue weighted by molar-refractivity contribution is 5.94. The molecule has 4 rings (SSSR count). The molecular weight excluding hydrogens is 350 g/mol. The maximum atomic E-state index is 12.8. The summed E-state index contributed by atoms with van der Waals surface area (Å²) in [5, 5.41) is 3.24. The Morgan fingerprint density at radius 2 is 1.86 bits per heavy atom. The number of pyridine rings is 1. The quantitative estimate of drug-likeness (QED) is 0.719. The minimum atomic E-state index is 0.0228. The fraction of sp³-hybridized carbons (Fsp3) is 0.217. The Hall–Kier alpha value is -3.34. The number of rotatable bonds is 5. The molecule has 0 spiro atoms. The second-order valence-electron chi connectivity index (χ2n) is 6.76. The van der Waals surface area contributed by atoms with Crippen LogP contribution in [0, 0.1) is 0 Å². The minimum absolute atomic E-state index is 0.0228. The van der Waals surface area contributed by atoms with Crippen LogP contribution in [-0.2, 0) is 13.0 Å². The molecule has 5 nitrogen and oxygen atoms in total. The van der Waals surface area contributed by atoms with Gasteiger partial charge in [-0.2, -0.15) is 0 Å². The van der Waals surface area contributed by atoms with Crippen LogP contribution in [-0.4, -0.2) is 28.9 Å². The summed E-state index contributed by atoms with van der Waals surface area (Å²) in [5.74, 6) is 1.56. The summed E-state index contributed by atoms with van der Waals surface area (Å²) >= 11 is 0. The lowest BCUT2D eigenvalue weighted by Crippen LogP contribution is -2.35. The van der Waals surface area contributed by atoms with Crippen molar-refractivity contribution in [1.82, 2.24) is 9.88 Å². The fourth-order valence-corrected chi connectivity index (χ4v) is 3.40. The second-order valence-corrected chi connectivity index (χ2v) is 6.76. The SMILES string of the molecule is CCOc1ccc(Nc2ccc(C(=O)N3CCc4ccccc4C3)cn2)cc1. The van der Waals surface area contributed by atoms with E-state index in [4.69, 9.17) is 4.74 Å². The van der Waals surface area contributed by atoms with Gasteiger partial charge in [-0.25, -0.2) is 4.98 Å². The normalized spacial score (nSPS) is 13.0. The minimum Gasteiger partial charge on any atom is -0.494 e. The van der Waals surface area contributed by atoms with E-state index in [1.807, 2.05) is 54.3 Å². The number of anilines is 2. The predicted molar refractivity (Wildman–Crippen MR) is 110 cm³/mol. The van der Waals surface area contributed by atoms with E-state index in [1.54, 1.807) is 6.20 Å². The van der Waals surface area contributed by atoms with Gasteiger partial charge in [0, 0.05) is 25.0 Å². The molecule has 0 saturated heterocycles. The van der Waals surface area contributed by atoms with E-state index in [1.165, 1.54) is 11.1 Å². The highest BCUT2D eigenvalue weighted by Gasteiger charge is 2.21. The molecule has 0 radical (unpaired) electrons. The van der Waals surface area contributed by atoms with E-state index >= 15 is 0 Å². The van der Waals surface area contributed by atoms with Crippen molar-refractivity contribution in [3.05, 3.63) is 83.6 Å². The van der Waals surface area contributed by atoms with Crippen LogP contribution in [0.3, 0.4) is 0 Å². The van der Waals surface area contributed by atoms with Crippen molar-refractivity contribution in [2.75, 3.05) is 18.5 Å². The highest BCUT2D eigenvalue weighted by Crippen LogP contribution is 2.22. The van der Waals surface area contributed by atoms with Gasteiger partial charge in [-0.1, -0.05) is 24.3 Å². The number of hydrogen-bond acceptors (Lipinski definition) is 4. The number of carbonyl (C=O) groups is 1. The van der Waals surface area contributed by atoms with Crippen LogP contribution in [0.25, 0.3) is 0 Å². The van der Waals surface area contributed by atoms with Crippen molar-refractivity contribution in [3.8, 4) is 5.75 Å². The topological polar surface area (TPSA) is 54.5 Å². The molecule has 3 aromatic rings. The van der Waals surface area contributed by atoms with Crippen LogP contribution in [0.5, 0.6) is 5.75 Å². The summed E-state index contributed by atoms with van der Waals surface area (Å²) in [5.41, 5.74) is 4.09.